The summed E-state index contributed by atoms with van der Waals surface area (Å²) < 4.78 is 0. The topological polar surface area (TPSA) is 44.3 Å². The molecule has 1 saturated heterocycles. The lowest BCUT2D eigenvalue weighted by Gasteiger charge is -2.34. The van der Waals surface area contributed by atoms with Crippen LogP contribution in [-0.4, -0.2) is 53.6 Å². The Morgan fingerprint density at radius 2 is 1.81 bits per heavy atom. The number of aryl methyl sites for hydroxylation is 1. The Hall–Kier alpha value is -2.40. The van der Waals surface area contributed by atoms with Crippen molar-refractivity contribution in [2.45, 2.75) is 26.8 Å². The Morgan fingerprint density at radius 3 is 2.50 bits per heavy atom. The van der Waals surface area contributed by atoms with E-state index in [9.17, 15) is 0 Å². The molecule has 2 heterocycles. The average molecular weight is 351 g/mol. The summed E-state index contributed by atoms with van der Waals surface area (Å²) in [6, 6.07) is 12.8. The maximum Gasteiger partial charge on any atom is 0.227 e. The molecule has 0 unspecified atom stereocenters. The molecule has 138 valence electrons. The lowest BCUT2D eigenvalue weighted by Crippen LogP contribution is -2.47. The number of hydrogen-bond acceptors (Lipinski definition) is 5. The van der Waals surface area contributed by atoms with Gasteiger partial charge in [0.05, 0.1) is 0 Å². The summed E-state index contributed by atoms with van der Waals surface area (Å²) in [7, 11) is 0. The van der Waals surface area contributed by atoms with Crippen molar-refractivity contribution in [2.24, 2.45) is 0 Å². The zero-order valence-electron chi connectivity index (χ0n) is 16.0. The Labute approximate surface area is 156 Å². The molecule has 0 radical (unpaired) electrons. The minimum absolute atomic E-state index is 0.366. The summed E-state index contributed by atoms with van der Waals surface area (Å²) in [4.78, 5) is 14.1. The fourth-order valence-corrected chi connectivity index (χ4v) is 3.10. The summed E-state index contributed by atoms with van der Waals surface area (Å²) in [6.45, 7) is 11.2. The summed E-state index contributed by atoms with van der Waals surface area (Å²) in [5.74, 6) is 1.75. The first-order chi connectivity index (χ1) is 12.6. The smallest absolute Gasteiger partial charge is 0.227 e. The molecule has 0 spiro atoms. The van der Waals surface area contributed by atoms with Gasteiger partial charge >= 0.3 is 0 Å². The maximum absolute atomic E-state index is 4.70. The van der Waals surface area contributed by atoms with Crippen molar-refractivity contribution in [3.05, 3.63) is 53.7 Å². The predicted molar refractivity (Wildman–Crippen MR) is 110 cm³/mol. The van der Waals surface area contributed by atoms with Gasteiger partial charge < -0.3 is 10.2 Å². The van der Waals surface area contributed by atoms with Gasteiger partial charge in [-0.3, -0.25) is 4.90 Å². The van der Waals surface area contributed by atoms with E-state index in [2.05, 4.69) is 70.4 Å². The summed E-state index contributed by atoms with van der Waals surface area (Å²) in [6.07, 6.45) is 4.44. The summed E-state index contributed by atoms with van der Waals surface area (Å²) in [5, 5.41) is 3.38. The van der Waals surface area contributed by atoms with Crippen molar-refractivity contribution in [3.8, 4) is 0 Å². The SMILES string of the molecule is Cc1cc(NC(C)C)nc(N2CCN(C/C=C/c3ccccc3)CC2)n1. The standard InChI is InChI=1S/C21H29N5/c1-17(2)22-20-16-18(3)23-21(24-20)26-14-12-25(13-15-26)11-7-10-19-8-5-4-6-9-19/h4-10,16-17H,11-15H2,1-3H3,(H,22,23,24)/b10-7+. The third-order valence-electron chi connectivity index (χ3n) is 4.41. The zero-order valence-corrected chi connectivity index (χ0v) is 16.0. The maximum atomic E-state index is 4.70. The highest BCUT2D eigenvalue weighted by molar-refractivity contribution is 5.49. The van der Waals surface area contributed by atoms with E-state index >= 15 is 0 Å². The van der Waals surface area contributed by atoms with E-state index in [1.54, 1.807) is 0 Å². The van der Waals surface area contributed by atoms with Crippen LogP contribution in [0.3, 0.4) is 0 Å². The van der Waals surface area contributed by atoms with Gasteiger partial charge in [-0.25, -0.2) is 4.98 Å². The molecule has 0 saturated carbocycles. The van der Waals surface area contributed by atoms with Crippen LogP contribution in [0, 0.1) is 6.92 Å². The number of rotatable bonds is 6. The Morgan fingerprint density at radius 1 is 1.08 bits per heavy atom. The lowest BCUT2D eigenvalue weighted by atomic mass is 10.2. The molecule has 26 heavy (non-hydrogen) atoms. The Bertz CT molecular complexity index is 718. The van der Waals surface area contributed by atoms with E-state index in [1.807, 2.05) is 19.1 Å². The number of anilines is 2. The predicted octanol–water partition coefficient (Wildman–Crippen LogP) is 3.44. The summed E-state index contributed by atoms with van der Waals surface area (Å²) in [5.41, 5.74) is 2.26. The van der Waals surface area contributed by atoms with Crippen LogP contribution in [0.2, 0.25) is 0 Å². The van der Waals surface area contributed by atoms with E-state index in [1.165, 1.54) is 5.56 Å². The van der Waals surface area contributed by atoms with Gasteiger partial charge in [0, 0.05) is 50.5 Å². The number of nitrogens with one attached hydrogen (secondary N) is 1. The van der Waals surface area contributed by atoms with Crippen molar-refractivity contribution in [2.75, 3.05) is 42.9 Å². The van der Waals surface area contributed by atoms with Gasteiger partial charge in [-0.15, -0.1) is 0 Å². The van der Waals surface area contributed by atoms with Gasteiger partial charge in [0.25, 0.3) is 0 Å². The summed E-state index contributed by atoms with van der Waals surface area (Å²) >= 11 is 0. The van der Waals surface area contributed by atoms with Crippen molar-refractivity contribution in [1.29, 1.82) is 0 Å². The highest BCUT2D eigenvalue weighted by Gasteiger charge is 2.19. The average Bonchev–Trinajstić information content (AvgIpc) is 2.62. The molecule has 3 rings (SSSR count). The third-order valence-corrected chi connectivity index (χ3v) is 4.41. The first-order valence-electron chi connectivity index (χ1n) is 9.41. The van der Waals surface area contributed by atoms with Crippen molar-refractivity contribution < 1.29 is 0 Å². The molecule has 0 amide bonds. The fraction of sp³-hybridized carbons (Fsp3) is 0.429. The Balaban J connectivity index is 1.53. The molecule has 1 aromatic carbocycles. The van der Waals surface area contributed by atoms with Crippen LogP contribution in [0.25, 0.3) is 6.08 Å². The molecule has 1 fully saturated rings. The first-order valence-corrected chi connectivity index (χ1v) is 9.41. The quantitative estimate of drug-likeness (QED) is 0.864. The molecule has 1 N–H and O–H groups in total. The number of piperazine rings is 1. The van der Waals surface area contributed by atoms with Crippen molar-refractivity contribution in [3.63, 3.8) is 0 Å². The van der Waals surface area contributed by atoms with Gasteiger partial charge in [0.15, 0.2) is 0 Å². The fourth-order valence-electron chi connectivity index (χ4n) is 3.10. The normalized spacial score (nSPS) is 15.8. The lowest BCUT2D eigenvalue weighted by molar-refractivity contribution is 0.283. The van der Waals surface area contributed by atoms with E-state index < -0.39 is 0 Å². The van der Waals surface area contributed by atoms with E-state index in [-0.39, 0.29) is 0 Å². The van der Waals surface area contributed by atoms with Gasteiger partial charge in [-0.05, 0) is 26.3 Å². The van der Waals surface area contributed by atoms with Crippen LogP contribution in [0.5, 0.6) is 0 Å². The molecule has 5 nitrogen and oxygen atoms in total. The minimum atomic E-state index is 0.366. The Kier molecular flexibility index (Phi) is 6.23. The van der Waals surface area contributed by atoms with E-state index in [4.69, 9.17) is 4.98 Å². The van der Waals surface area contributed by atoms with Crippen LogP contribution in [0.4, 0.5) is 11.8 Å². The largest absolute Gasteiger partial charge is 0.368 e. The zero-order chi connectivity index (χ0) is 18.4. The van der Waals surface area contributed by atoms with Crippen molar-refractivity contribution in [1.82, 2.24) is 14.9 Å². The van der Waals surface area contributed by atoms with Crippen LogP contribution in [0.1, 0.15) is 25.1 Å². The second-order valence-electron chi connectivity index (χ2n) is 7.09. The number of nitrogens with zero attached hydrogens (tertiary/aromatic N) is 4. The molecular formula is C21H29N5. The molecule has 2 aromatic rings. The van der Waals surface area contributed by atoms with E-state index in [0.29, 0.717) is 6.04 Å². The van der Waals surface area contributed by atoms with Crippen LogP contribution < -0.4 is 10.2 Å². The number of hydrogen-bond donors (Lipinski definition) is 1. The monoisotopic (exact) mass is 351 g/mol. The highest BCUT2D eigenvalue weighted by Crippen LogP contribution is 2.16. The minimum Gasteiger partial charge on any atom is -0.368 e. The van der Waals surface area contributed by atoms with Gasteiger partial charge in [0.1, 0.15) is 5.82 Å². The molecule has 0 bridgehead atoms. The van der Waals surface area contributed by atoms with Crippen LogP contribution in [0.15, 0.2) is 42.5 Å². The number of aromatic nitrogens is 2. The highest BCUT2D eigenvalue weighted by atomic mass is 15.3. The van der Waals surface area contributed by atoms with Gasteiger partial charge in [-0.1, -0.05) is 42.5 Å². The van der Waals surface area contributed by atoms with Crippen LogP contribution >= 0.6 is 0 Å². The van der Waals surface area contributed by atoms with Gasteiger partial charge in [0.2, 0.25) is 5.95 Å². The first kappa shape index (κ1) is 18.4. The number of benzene rings is 1. The molecule has 1 aliphatic heterocycles. The molecule has 1 aliphatic rings. The molecule has 1 aromatic heterocycles. The second-order valence-corrected chi connectivity index (χ2v) is 7.09. The molecule has 0 atom stereocenters. The third kappa shape index (κ3) is 5.30. The van der Waals surface area contributed by atoms with E-state index in [0.717, 1.165) is 50.2 Å². The molecule has 5 heteroatoms. The van der Waals surface area contributed by atoms with Crippen molar-refractivity contribution >= 4 is 17.8 Å². The molecular weight excluding hydrogens is 322 g/mol. The molecule has 0 aliphatic carbocycles. The van der Waals surface area contributed by atoms with Gasteiger partial charge in [-0.2, -0.15) is 4.98 Å². The second kappa shape index (κ2) is 8.81. The van der Waals surface area contributed by atoms with Crippen LogP contribution in [-0.2, 0) is 0 Å².